The van der Waals surface area contributed by atoms with Gasteiger partial charge in [-0.25, -0.2) is 15.0 Å². The van der Waals surface area contributed by atoms with Crippen molar-refractivity contribution in [2.24, 2.45) is 5.92 Å². The van der Waals surface area contributed by atoms with Crippen LogP contribution in [0.4, 0.5) is 0 Å². The van der Waals surface area contributed by atoms with Crippen molar-refractivity contribution in [2.75, 3.05) is 13.7 Å². The second-order valence-corrected chi connectivity index (χ2v) is 8.93. The molecule has 192 valence electrons. The first-order valence-electron chi connectivity index (χ1n) is 12.7. The van der Waals surface area contributed by atoms with Gasteiger partial charge in [-0.1, -0.05) is 57.4 Å². The molecule has 3 aromatic carbocycles. The van der Waals surface area contributed by atoms with Crippen LogP contribution in [0, 0.1) is 5.92 Å². The van der Waals surface area contributed by atoms with E-state index >= 15 is 0 Å². The minimum Gasteiger partial charge on any atom is -0.507 e. The Balaban J connectivity index is 1.73. The van der Waals surface area contributed by atoms with Crippen molar-refractivity contribution in [1.29, 1.82) is 0 Å². The van der Waals surface area contributed by atoms with Crippen LogP contribution in [0.2, 0.25) is 0 Å². The van der Waals surface area contributed by atoms with Crippen LogP contribution in [0.3, 0.4) is 0 Å². The number of aromatic hydroxyl groups is 2. The summed E-state index contributed by atoms with van der Waals surface area (Å²) in [5.41, 5.74) is 1.56. The Morgan fingerprint density at radius 1 is 0.757 bits per heavy atom. The normalized spacial score (nSPS) is 11.8. The maximum atomic E-state index is 10.9. The summed E-state index contributed by atoms with van der Waals surface area (Å²) < 4.78 is 11.5. The molecular formula is C30H33N3O4. The average Bonchev–Trinajstić information content (AvgIpc) is 2.93. The van der Waals surface area contributed by atoms with Crippen LogP contribution in [-0.2, 0) is 0 Å². The SMILES string of the molecule is CCCCC(CC)COc1ccc(-c2nc(-c3ccccc3O)nc(-c3ccccc3OC)n2)c(O)c1. The fraction of sp³-hybridized carbons (Fsp3) is 0.300. The highest BCUT2D eigenvalue weighted by Crippen LogP contribution is 2.36. The molecule has 0 radical (unpaired) electrons. The third-order valence-electron chi connectivity index (χ3n) is 6.37. The molecule has 1 unspecified atom stereocenters. The molecule has 4 rings (SSSR count). The van der Waals surface area contributed by atoms with Gasteiger partial charge in [-0.3, -0.25) is 0 Å². The van der Waals surface area contributed by atoms with Gasteiger partial charge in [0.15, 0.2) is 17.5 Å². The molecule has 2 N–H and O–H groups in total. The molecule has 1 heterocycles. The molecule has 1 atom stereocenters. The summed E-state index contributed by atoms with van der Waals surface area (Å²) in [4.78, 5) is 13.9. The first-order valence-corrected chi connectivity index (χ1v) is 12.7. The highest BCUT2D eigenvalue weighted by atomic mass is 16.5. The Morgan fingerprint density at radius 3 is 2.00 bits per heavy atom. The highest BCUT2D eigenvalue weighted by molar-refractivity contribution is 5.73. The van der Waals surface area contributed by atoms with E-state index in [4.69, 9.17) is 9.47 Å². The van der Waals surface area contributed by atoms with Crippen molar-refractivity contribution in [3.8, 4) is 57.2 Å². The molecule has 0 saturated heterocycles. The molecule has 4 aromatic rings. The molecule has 0 fully saturated rings. The van der Waals surface area contributed by atoms with E-state index in [0.717, 1.165) is 19.3 Å². The minimum absolute atomic E-state index is 0.000447. The lowest BCUT2D eigenvalue weighted by Gasteiger charge is -2.16. The molecular weight excluding hydrogens is 466 g/mol. The molecule has 0 amide bonds. The lowest BCUT2D eigenvalue weighted by atomic mass is 10.0. The third-order valence-corrected chi connectivity index (χ3v) is 6.37. The first kappa shape index (κ1) is 25.9. The number of rotatable bonds is 11. The highest BCUT2D eigenvalue weighted by Gasteiger charge is 2.18. The van der Waals surface area contributed by atoms with Gasteiger partial charge in [-0.2, -0.15) is 0 Å². The van der Waals surface area contributed by atoms with E-state index in [1.807, 2.05) is 30.3 Å². The Morgan fingerprint density at radius 2 is 1.38 bits per heavy atom. The monoisotopic (exact) mass is 499 g/mol. The number of methoxy groups -OCH3 is 1. The molecule has 7 nitrogen and oxygen atoms in total. The molecule has 0 aliphatic heterocycles. The summed E-state index contributed by atoms with van der Waals surface area (Å²) in [5, 5.41) is 21.4. The summed E-state index contributed by atoms with van der Waals surface area (Å²) in [5.74, 6) is 2.64. The van der Waals surface area contributed by atoms with Gasteiger partial charge < -0.3 is 19.7 Å². The van der Waals surface area contributed by atoms with Crippen LogP contribution in [0.5, 0.6) is 23.0 Å². The molecule has 1 aromatic heterocycles. The Hall–Kier alpha value is -4.13. The van der Waals surface area contributed by atoms with E-state index in [1.54, 1.807) is 43.5 Å². The van der Waals surface area contributed by atoms with E-state index in [9.17, 15) is 10.2 Å². The first-order chi connectivity index (χ1) is 18.0. The predicted octanol–water partition coefficient (Wildman–Crippen LogP) is 6.89. The molecule has 37 heavy (non-hydrogen) atoms. The Bertz CT molecular complexity index is 1340. The summed E-state index contributed by atoms with van der Waals surface area (Å²) in [6, 6.07) is 19.4. The number of ether oxygens (including phenoxy) is 2. The van der Waals surface area contributed by atoms with Crippen molar-refractivity contribution < 1.29 is 19.7 Å². The van der Waals surface area contributed by atoms with Crippen molar-refractivity contribution in [1.82, 2.24) is 15.0 Å². The van der Waals surface area contributed by atoms with Gasteiger partial charge in [0, 0.05) is 6.07 Å². The standard InChI is InChI=1S/C30H33N3O4/c1-4-6-11-20(5-2)19-37-21-16-17-23(26(35)18-21)29-31-28(22-12-7-9-14-25(22)34)32-30(33-29)24-13-8-10-15-27(24)36-3/h7-10,12-18,20,34-35H,4-6,11,19H2,1-3H3. The van der Waals surface area contributed by atoms with Gasteiger partial charge in [-0.15, -0.1) is 0 Å². The number of phenolic OH excluding ortho intramolecular Hbond substituents is 2. The molecule has 0 saturated carbocycles. The number of nitrogens with zero attached hydrogens (tertiary/aromatic N) is 3. The fourth-order valence-electron chi connectivity index (χ4n) is 4.13. The van der Waals surface area contributed by atoms with Crippen LogP contribution < -0.4 is 9.47 Å². The van der Waals surface area contributed by atoms with Crippen molar-refractivity contribution in [2.45, 2.75) is 39.5 Å². The number of para-hydroxylation sites is 2. The average molecular weight is 500 g/mol. The smallest absolute Gasteiger partial charge is 0.167 e. The molecule has 0 aliphatic carbocycles. The van der Waals surface area contributed by atoms with Gasteiger partial charge in [0.25, 0.3) is 0 Å². The zero-order chi connectivity index (χ0) is 26.2. The topological polar surface area (TPSA) is 97.6 Å². The van der Waals surface area contributed by atoms with Crippen LogP contribution >= 0.6 is 0 Å². The maximum absolute atomic E-state index is 10.9. The largest absolute Gasteiger partial charge is 0.507 e. The third kappa shape index (κ3) is 6.17. The van der Waals surface area contributed by atoms with Gasteiger partial charge >= 0.3 is 0 Å². The fourth-order valence-corrected chi connectivity index (χ4v) is 4.13. The zero-order valence-corrected chi connectivity index (χ0v) is 21.5. The molecule has 0 bridgehead atoms. The van der Waals surface area contributed by atoms with Gasteiger partial charge in [0.1, 0.15) is 23.0 Å². The second-order valence-electron chi connectivity index (χ2n) is 8.93. The number of aromatic nitrogens is 3. The van der Waals surface area contributed by atoms with E-state index in [-0.39, 0.29) is 23.1 Å². The second kappa shape index (κ2) is 12.2. The van der Waals surface area contributed by atoms with Gasteiger partial charge in [0.2, 0.25) is 0 Å². The lowest BCUT2D eigenvalue weighted by molar-refractivity contribution is 0.232. The maximum Gasteiger partial charge on any atom is 0.167 e. The summed E-state index contributed by atoms with van der Waals surface area (Å²) in [6.07, 6.45) is 4.52. The zero-order valence-electron chi connectivity index (χ0n) is 21.5. The summed E-state index contributed by atoms with van der Waals surface area (Å²) >= 11 is 0. The summed E-state index contributed by atoms with van der Waals surface area (Å²) in [7, 11) is 1.58. The number of unbranched alkanes of at least 4 members (excludes halogenated alkanes) is 1. The molecule has 0 aliphatic rings. The minimum atomic E-state index is -0.000447. The van der Waals surface area contributed by atoms with E-state index in [0.29, 0.717) is 46.5 Å². The van der Waals surface area contributed by atoms with Crippen LogP contribution in [0.1, 0.15) is 39.5 Å². The predicted molar refractivity (Wildman–Crippen MR) is 145 cm³/mol. The number of hydrogen-bond donors (Lipinski definition) is 2. The van der Waals surface area contributed by atoms with Gasteiger partial charge in [0.05, 0.1) is 30.4 Å². The number of benzene rings is 3. The van der Waals surface area contributed by atoms with Crippen LogP contribution in [0.15, 0.2) is 66.7 Å². The number of hydrogen-bond acceptors (Lipinski definition) is 7. The van der Waals surface area contributed by atoms with E-state index in [1.165, 1.54) is 6.42 Å². The van der Waals surface area contributed by atoms with Gasteiger partial charge in [-0.05, 0) is 48.7 Å². The Labute approximate surface area is 217 Å². The van der Waals surface area contributed by atoms with E-state index < -0.39 is 0 Å². The summed E-state index contributed by atoms with van der Waals surface area (Å²) in [6.45, 7) is 4.97. The number of phenols is 2. The quantitative estimate of drug-likeness (QED) is 0.232. The van der Waals surface area contributed by atoms with Crippen molar-refractivity contribution >= 4 is 0 Å². The lowest BCUT2D eigenvalue weighted by Crippen LogP contribution is -2.11. The van der Waals surface area contributed by atoms with E-state index in [2.05, 4.69) is 28.8 Å². The van der Waals surface area contributed by atoms with Crippen LogP contribution in [0.25, 0.3) is 34.2 Å². The molecule has 0 spiro atoms. The van der Waals surface area contributed by atoms with Crippen molar-refractivity contribution in [3.05, 3.63) is 66.7 Å². The van der Waals surface area contributed by atoms with Crippen molar-refractivity contribution in [3.63, 3.8) is 0 Å². The molecule has 7 heteroatoms. The Kier molecular flexibility index (Phi) is 8.56. The van der Waals surface area contributed by atoms with Crippen LogP contribution in [-0.4, -0.2) is 38.9 Å².